The summed E-state index contributed by atoms with van der Waals surface area (Å²) < 4.78 is 4.85. The predicted octanol–water partition coefficient (Wildman–Crippen LogP) is 1.89. The highest BCUT2D eigenvalue weighted by Crippen LogP contribution is 2.19. The molecule has 0 aliphatic heterocycles. The SMILES string of the molecule is COc1ccc(C(Cl)C#N)cn1. The number of methoxy groups -OCH3 is 1. The summed E-state index contributed by atoms with van der Waals surface area (Å²) in [6.45, 7) is 0. The minimum atomic E-state index is -0.636. The molecule has 1 aromatic rings. The van der Waals surface area contributed by atoms with Crippen LogP contribution in [-0.4, -0.2) is 12.1 Å². The van der Waals surface area contributed by atoms with E-state index in [0.717, 1.165) is 0 Å². The van der Waals surface area contributed by atoms with Crippen molar-refractivity contribution in [3.8, 4) is 11.9 Å². The van der Waals surface area contributed by atoms with E-state index in [1.54, 1.807) is 12.1 Å². The monoisotopic (exact) mass is 182 g/mol. The zero-order chi connectivity index (χ0) is 8.97. The number of hydrogen-bond donors (Lipinski definition) is 0. The van der Waals surface area contributed by atoms with Crippen molar-refractivity contribution in [1.29, 1.82) is 5.26 Å². The first kappa shape index (κ1) is 8.82. The molecule has 0 radical (unpaired) electrons. The Balaban J connectivity index is 2.86. The standard InChI is InChI=1S/C8H7ClN2O/c1-12-8-3-2-6(5-11-8)7(9)4-10/h2-3,5,7H,1H3. The van der Waals surface area contributed by atoms with Gasteiger partial charge in [0.1, 0.15) is 5.38 Å². The van der Waals surface area contributed by atoms with Crippen LogP contribution >= 0.6 is 11.6 Å². The Bertz CT molecular complexity index is 291. The maximum absolute atomic E-state index is 8.47. The first-order chi connectivity index (χ1) is 5.77. The Morgan fingerprint density at radius 3 is 2.83 bits per heavy atom. The van der Waals surface area contributed by atoms with Crippen molar-refractivity contribution in [3.05, 3.63) is 23.9 Å². The molecule has 3 nitrogen and oxygen atoms in total. The van der Waals surface area contributed by atoms with Crippen LogP contribution in [0.2, 0.25) is 0 Å². The first-order valence-electron chi connectivity index (χ1n) is 3.31. The molecule has 12 heavy (non-hydrogen) atoms. The Morgan fingerprint density at radius 1 is 1.67 bits per heavy atom. The highest BCUT2D eigenvalue weighted by Gasteiger charge is 2.05. The van der Waals surface area contributed by atoms with Gasteiger partial charge in [-0.1, -0.05) is 0 Å². The molecule has 0 aliphatic carbocycles. The number of alkyl halides is 1. The van der Waals surface area contributed by atoms with Gasteiger partial charge in [0.25, 0.3) is 0 Å². The van der Waals surface area contributed by atoms with Gasteiger partial charge in [-0.3, -0.25) is 0 Å². The largest absolute Gasteiger partial charge is 0.481 e. The topological polar surface area (TPSA) is 45.9 Å². The summed E-state index contributed by atoms with van der Waals surface area (Å²) in [6.07, 6.45) is 1.53. The fourth-order valence-electron chi connectivity index (χ4n) is 0.737. The summed E-state index contributed by atoms with van der Waals surface area (Å²) in [7, 11) is 1.53. The molecular weight excluding hydrogens is 176 g/mol. The predicted molar refractivity (Wildman–Crippen MR) is 45.0 cm³/mol. The van der Waals surface area contributed by atoms with Gasteiger partial charge in [-0.25, -0.2) is 4.98 Å². The molecule has 0 amide bonds. The van der Waals surface area contributed by atoms with E-state index in [9.17, 15) is 0 Å². The van der Waals surface area contributed by atoms with Gasteiger partial charge in [0.05, 0.1) is 13.2 Å². The van der Waals surface area contributed by atoms with Gasteiger partial charge in [0.15, 0.2) is 0 Å². The summed E-state index contributed by atoms with van der Waals surface area (Å²) in [6, 6.07) is 5.29. The van der Waals surface area contributed by atoms with E-state index in [1.807, 2.05) is 6.07 Å². The van der Waals surface area contributed by atoms with Crippen molar-refractivity contribution >= 4 is 11.6 Å². The number of halogens is 1. The zero-order valence-corrected chi connectivity index (χ0v) is 7.25. The maximum atomic E-state index is 8.47. The van der Waals surface area contributed by atoms with Gasteiger partial charge in [-0.15, -0.1) is 11.6 Å². The number of hydrogen-bond acceptors (Lipinski definition) is 3. The first-order valence-corrected chi connectivity index (χ1v) is 3.75. The third-order valence-electron chi connectivity index (χ3n) is 1.37. The number of rotatable bonds is 2. The molecular formula is C8H7ClN2O. The molecule has 0 saturated carbocycles. The highest BCUT2D eigenvalue weighted by atomic mass is 35.5. The number of nitrogens with zero attached hydrogens (tertiary/aromatic N) is 2. The Hall–Kier alpha value is -1.27. The van der Waals surface area contributed by atoms with Gasteiger partial charge in [-0.2, -0.15) is 5.26 Å². The lowest BCUT2D eigenvalue weighted by molar-refractivity contribution is 0.397. The lowest BCUT2D eigenvalue weighted by Gasteiger charge is -2.01. The maximum Gasteiger partial charge on any atom is 0.212 e. The van der Waals surface area contributed by atoms with Crippen LogP contribution in [-0.2, 0) is 0 Å². The van der Waals surface area contributed by atoms with Gasteiger partial charge in [0, 0.05) is 17.8 Å². The molecule has 62 valence electrons. The van der Waals surface area contributed by atoms with Crippen LogP contribution in [0.4, 0.5) is 0 Å². The van der Waals surface area contributed by atoms with Crippen LogP contribution in [0.25, 0.3) is 0 Å². The molecule has 0 saturated heterocycles. The van der Waals surface area contributed by atoms with Crippen molar-refractivity contribution in [2.45, 2.75) is 5.38 Å². The number of pyridine rings is 1. The van der Waals surface area contributed by atoms with Crippen LogP contribution in [0.5, 0.6) is 5.88 Å². The Kier molecular flexibility index (Phi) is 2.89. The van der Waals surface area contributed by atoms with Crippen LogP contribution in [0.3, 0.4) is 0 Å². The molecule has 0 N–H and O–H groups in total. The summed E-state index contributed by atoms with van der Waals surface area (Å²) in [5, 5.41) is 7.84. The summed E-state index contributed by atoms with van der Waals surface area (Å²) in [4.78, 5) is 3.91. The van der Waals surface area contributed by atoms with E-state index in [0.29, 0.717) is 11.4 Å². The molecule has 1 aromatic heterocycles. The fraction of sp³-hybridized carbons (Fsp3) is 0.250. The van der Waals surface area contributed by atoms with Gasteiger partial charge < -0.3 is 4.74 Å². The van der Waals surface area contributed by atoms with E-state index >= 15 is 0 Å². The number of nitriles is 1. The third kappa shape index (κ3) is 1.86. The normalized spacial score (nSPS) is 11.8. The average molecular weight is 183 g/mol. The van der Waals surface area contributed by atoms with E-state index < -0.39 is 5.38 Å². The summed E-state index contributed by atoms with van der Waals surface area (Å²) >= 11 is 5.64. The van der Waals surface area contributed by atoms with E-state index in [4.69, 9.17) is 21.6 Å². The summed E-state index contributed by atoms with van der Waals surface area (Å²) in [5.74, 6) is 0.514. The second-order valence-electron chi connectivity index (χ2n) is 2.13. The van der Waals surface area contributed by atoms with Crippen molar-refractivity contribution in [2.24, 2.45) is 0 Å². The molecule has 0 aliphatic rings. The number of ether oxygens (including phenoxy) is 1. The van der Waals surface area contributed by atoms with E-state index in [2.05, 4.69) is 4.98 Å². The minimum Gasteiger partial charge on any atom is -0.481 e. The van der Waals surface area contributed by atoms with Gasteiger partial charge >= 0.3 is 0 Å². The summed E-state index contributed by atoms with van der Waals surface area (Å²) in [5.41, 5.74) is 0.681. The fourth-order valence-corrected chi connectivity index (χ4v) is 0.866. The second kappa shape index (κ2) is 3.93. The van der Waals surface area contributed by atoms with E-state index in [-0.39, 0.29) is 0 Å². The second-order valence-corrected chi connectivity index (χ2v) is 2.56. The van der Waals surface area contributed by atoms with Crippen molar-refractivity contribution in [2.75, 3.05) is 7.11 Å². The van der Waals surface area contributed by atoms with Gasteiger partial charge in [0.2, 0.25) is 5.88 Å². The number of aromatic nitrogens is 1. The molecule has 0 bridgehead atoms. The molecule has 1 atom stereocenters. The van der Waals surface area contributed by atoms with Crippen molar-refractivity contribution in [3.63, 3.8) is 0 Å². The van der Waals surface area contributed by atoms with E-state index in [1.165, 1.54) is 13.3 Å². The van der Waals surface area contributed by atoms with Crippen LogP contribution in [0.15, 0.2) is 18.3 Å². The molecule has 1 heterocycles. The molecule has 0 spiro atoms. The minimum absolute atomic E-state index is 0.514. The van der Waals surface area contributed by atoms with Crippen LogP contribution < -0.4 is 4.74 Å². The van der Waals surface area contributed by atoms with Crippen molar-refractivity contribution in [1.82, 2.24) is 4.98 Å². The third-order valence-corrected chi connectivity index (χ3v) is 1.72. The van der Waals surface area contributed by atoms with Crippen LogP contribution in [0, 0.1) is 11.3 Å². The molecule has 4 heteroatoms. The quantitative estimate of drug-likeness (QED) is 0.657. The average Bonchev–Trinajstić information content (AvgIpc) is 2.17. The van der Waals surface area contributed by atoms with Crippen molar-refractivity contribution < 1.29 is 4.74 Å². The van der Waals surface area contributed by atoms with Gasteiger partial charge in [-0.05, 0) is 6.07 Å². The Labute approximate surface area is 75.6 Å². The lowest BCUT2D eigenvalue weighted by atomic mass is 10.2. The zero-order valence-electron chi connectivity index (χ0n) is 6.49. The molecule has 0 fully saturated rings. The smallest absolute Gasteiger partial charge is 0.212 e. The molecule has 1 rings (SSSR count). The van der Waals surface area contributed by atoms with Crippen LogP contribution in [0.1, 0.15) is 10.9 Å². The molecule has 0 aromatic carbocycles. The highest BCUT2D eigenvalue weighted by molar-refractivity contribution is 6.22. The molecule has 1 unspecified atom stereocenters. The lowest BCUT2D eigenvalue weighted by Crippen LogP contribution is -1.90. The Morgan fingerprint density at radius 2 is 2.42 bits per heavy atom.